The summed E-state index contributed by atoms with van der Waals surface area (Å²) in [6.07, 6.45) is 0.573. The van der Waals surface area contributed by atoms with Crippen molar-refractivity contribution in [3.63, 3.8) is 0 Å². The summed E-state index contributed by atoms with van der Waals surface area (Å²) >= 11 is 3.39. The topological polar surface area (TPSA) is 124 Å². The second-order valence-corrected chi connectivity index (χ2v) is 10.5. The highest BCUT2D eigenvalue weighted by Crippen LogP contribution is 2.25. The van der Waals surface area contributed by atoms with Crippen molar-refractivity contribution in [2.45, 2.75) is 52.8 Å². The minimum atomic E-state index is -0.977. The summed E-state index contributed by atoms with van der Waals surface area (Å²) in [5, 5.41) is 5.56. The molecule has 1 heterocycles. The molecule has 2 amide bonds. The van der Waals surface area contributed by atoms with Crippen molar-refractivity contribution in [2.24, 2.45) is 11.8 Å². The summed E-state index contributed by atoms with van der Waals surface area (Å²) in [7, 11) is 1.25. The molecule has 208 valence electrons. The Morgan fingerprint density at radius 1 is 1.00 bits per heavy atom. The average Bonchev–Trinajstić information content (AvgIpc) is 2.92. The van der Waals surface area contributed by atoms with Crippen molar-refractivity contribution in [1.82, 2.24) is 10.6 Å². The van der Waals surface area contributed by atoms with Crippen molar-refractivity contribution < 1.29 is 28.3 Å². The Bertz CT molecular complexity index is 1380. The minimum Gasteiger partial charge on any atom is -0.488 e. The fourth-order valence-electron chi connectivity index (χ4n) is 3.93. The molecule has 0 unspecified atom stereocenters. The number of ether oxygens (including phenoxy) is 2. The van der Waals surface area contributed by atoms with Gasteiger partial charge in [0.15, 0.2) is 11.2 Å². The molecule has 0 bridgehead atoms. The third kappa shape index (κ3) is 7.47. The van der Waals surface area contributed by atoms with Gasteiger partial charge in [-0.05, 0) is 41.7 Å². The van der Waals surface area contributed by atoms with E-state index in [1.165, 1.54) is 7.11 Å². The Kier molecular flexibility index (Phi) is 10.3. The molecule has 0 spiro atoms. The van der Waals surface area contributed by atoms with Crippen LogP contribution in [-0.2, 0) is 20.9 Å². The summed E-state index contributed by atoms with van der Waals surface area (Å²) in [6.45, 7) is 7.48. The van der Waals surface area contributed by atoms with Crippen LogP contribution >= 0.6 is 15.9 Å². The molecule has 39 heavy (non-hydrogen) atoms. The lowest BCUT2D eigenvalue weighted by molar-refractivity contribution is -0.146. The second-order valence-electron chi connectivity index (χ2n) is 9.61. The molecule has 0 saturated heterocycles. The Hall–Kier alpha value is -3.66. The average molecular weight is 601 g/mol. The van der Waals surface area contributed by atoms with Crippen LogP contribution in [0.15, 0.2) is 62.2 Å². The van der Waals surface area contributed by atoms with E-state index in [0.717, 1.165) is 16.1 Å². The molecule has 0 aliphatic heterocycles. The fraction of sp³-hybridized carbons (Fsp3) is 0.379. The van der Waals surface area contributed by atoms with Gasteiger partial charge in [-0.25, -0.2) is 4.79 Å². The lowest BCUT2D eigenvalue weighted by Crippen LogP contribution is -2.55. The van der Waals surface area contributed by atoms with Crippen LogP contribution in [0.3, 0.4) is 0 Å². The summed E-state index contributed by atoms with van der Waals surface area (Å²) in [4.78, 5) is 51.5. The van der Waals surface area contributed by atoms with Gasteiger partial charge in [0.1, 0.15) is 35.4 Å². The number of esters is 1. The van der Waals surface area contributed by atoms with E-state index >= 15 is 0 Å². The zero-order valence-electron chi connectivity index (χ0n) is 22.6. The summed E-state index contributed by atoms with van der Waals surface area (Å²) in [5.74, 6) is -2.25. The molecule has 0 radical (unpaired) electrons. The molecule has 2 N–H and O–H groups in total. The first-order chi connectivity index (χ1) is 18.5. The van der Waals surface area contributed by atoms with Crippen LogP contribution in [0.5, 0.6) is 5.75 Å². The van der Waals surface area contributed by atoms with E-state index < -0.39 is 35.3 Å². The van der Waals surface area contributed by atoms with Crippen LogP contribution in [0.2, 0.25) is 0 Å². The molecule has 10 heteroatoms. The number of carbonyl (C=O) groups excluding carboxylic acids is 3. The third-order valence-electron chi connectivity index (χ3n) is 6.45. The molecule has 0 fully saturated rings. The van der Waals surface area contributed by atoms with Gasteiger partial charge in [0.2, 0.25) is 5.91 Å². The maximum atomic E-state index is 13.2. The van der Waals surface area contributed by atoms with Crippen LogP contribution in [0.4, 0.5) is 0 Å². The summed E-state index contributed by atoms with van der Waals surface area (Å²) in [5.41, 5.74) is 0.635. The Balaban J connectivity index is 1.83. The number of benzene rings is 2. The van der Waals surface area contributed by atoms with E-state index in [4.69, 9.17) is 13.9 Å². The third-order valence-corrected chi connectivity index (χ3v) is 6.98. The van der Waals surface area contributed by atoms with E-state index in [2.05, 4.69) is 26.6 Å². The number of methoxy groups -OCH3 is 1. The van der Waals surface area contributed by atoms with E-state index in [1.807, 2.05) is 31.2 Å². The van der Waals surface area contributed by atoms with Gasteiger partial charge in [0.25, 0.3) is 5.91 Å². The van der Waals surface area contributed by atoms with E-state index in [1.54, 1.807) is 39.0 Å². The molecule has 3 rings (SSSR count). The first kappa shape index (κ1) is 29.9. The largest absolute Gasteiger partial charge is 0.488 e. The van der Waals surface area contributed by atoms with Crippen molar-refractivity contribution >= 4 is 44.7 Å². The highest BCUT2D eigenvalue weighted by atomic mass is 79.9. The van der Waals surface area contributed by atoms with Crippen molar-refractivity contribution in [3.8, 4) is 5.75 Å². The highest BCUT2D eigenvalue weighted by Gasteiger charge is 2.32. The lowest BCUT2D eigenvalue weighted by atomic mass is 9.96. The van der Waals surface area contributed by atoms with Gasteiger partial charge in [-0.3, -0.25) is 14.4 Å². The quantitative estimate of drug-likeness (QED) is 0.308. The molecule has 3 aromatic rings. The van der Waals surface area contributed by atoms with Crippen molar-refractivity contribution in [2.75, 3.05) is 7.11 Å². The van der Waals surface area contributed by atoms with Gasteiger partial charge in [-0.15, -0.1) is 0 Å². The number of hydrogen-bond donors (Lipinski definition) is 2. The van der Waals surface area contributed by atoms with Gasteiger partial charge in [-0.2, -0.15) is 0 Å². The zero-order valence-corrected chi connectivity index (χ0v) is 24.2. The molecule has 2 aromatic carbocycles. The minimum absolute atomic E-state index is 0.177. The molecule has 0 saturated carbocycles. The Labute approximate surface area is 235 Å². The number of halogens is 1. The monoisotopic (exact) mass is 600 g/mol. The first-order valence-corrected chi connectivity index (χ1v) is 13.5. The van der Waals surface area contributed by atoms with Gasteiger partial charge >= 0.3 is 5.97 Å². The molecule has 0 aliphatic rings. The number of carbonyl (C=O) groups is 3. The number of fused-ring (bicyclic) bond motifs is 1. The molecular formula is C29H33BrN2O7. The number of rotatable bonds is 11. The summed E-state index contributed by atoms with van der Waals surface area (Å²) < 4.78 is 17.4. The maximum absolute atomic E-state index is 13.2. The number of amides is 2. The van der Waals surface area contributed by atoms with Crippen molar-refractivity contribution in [3.05, 3.63) is 74.6 Å². The smallest absolute Gasteiger partial charge is 0.328 e. The Morgan fingerprint density at radius 2 is 1.69 bits per heavy atom. The molecule has 1 aromatic heterocycles. The standard InChI is InChI=1S/C29H33BrN2O7/c1-6-17(4)26(28(35)31-25(16(2)3)29(36)37-5)32-27(34)23-14-20(33)24-21(8-7-9-22(24)39-23)38-15-18-10-12-19(30)13-11-18/h7-14,16-17,25-26H,6,15H2,1-5H3,(H,31,35)(H,32,34)/t17-,25+,26+/m1/s1. The molecular weight excluding hydrogens is 568 g/mol. The summed E-state index contributed by atoms with van der Waals surface area (Å²) in [6, 6.07) is 11.7. The molecule has 0 aliphatic carbocycles. The lowest BCUT2D eigenvalue weighted by Gasteiger charge is -2.27. The Morgan fingerprint density at radius 3 is 2.31 bits per heavy atom. The van der Waals surface area contributed by atoms with E-state index in [-0.39, 0.29) is 35.2 Å². The normalized spacial score (nSPS) is 13.4. The predicted molar refractivity (Wildman–Crippen MR) is 150 cm³/mol. The SMILES string of the molecule is CC[C@@H](C)[C@H](NC(=O)c1cc(=O)c2c(OCc3ccc(Br)cc3)cccc2o1)C(=O)N[C@H](C(=O)OC)C(C)C. The molecule has 9 nitrogen and oxygen atoms in total. The van der Waals surface area contributed by atoms with Crippen LogP contribution in [0.1, 0.15) is 50.2 Å². The van der Waals surface area contributed by atoms with E-state index in [0.29, 0.717) is 12.2 Å². The fourth-order valence-corrected chi connectivity index (χ4v) is 4.20. The number of hydrogen-bond acceptors (Lipinski definition) is 7. The van der Waals surface area contributed by atoms with Crippen LogP contribution in [0, 0.1) is 11.8 Å². The van der Waals surface area contributed by atoms with Gasteiger partial charge < -0.3 is 24.5 Å². The predicted octanol–water partition coefficient (Wildman–Crippen LogP) is 4.59. The zero-order chi connectivity index (χ0) is 28.7. The highest BCUT2D eigenvalue weighted by molar-refractivity contribution is 9.10. The first-order valence-electron chi connectivity index (χ1n) is 12.7. The van der Waals surface area contributed by atoms with E-state index in [9.17, 15) is 19.2 Å². The van der Waals surface area contributed by atoms with Gasteiger partial charge in [0, 0.05) is 10.5 Å². The van der Waals surface area contributed by atoms with Crippen LogP contribution < -0.4 is 20.8 Å². The molecule has 3 atom stereocenters. The van der Waals surface area contributed by atoms with Crippen LogP contribution in [-0.4, -0.2) is 37.0 Å². The number of nitrogens with one attached hydrogen (secondary N) is 2. The van der Waals surface area contributed by atoms with Crippen molar-refractivity contribution in [1.29, 1.82) is 0 Å². The maximum Gasteiger partial charge on any atom is 0.328 e. The van der Waals surface area contributed by atoms with Crippen LogP contribution in [0.25, 0.3) is 11.0 Å². The van der Waals surface area contributed by atoms with Gasteiger partial charge in [0.05, 0.1) is 7.11 Å². The van der Waals surface area contributed by atoms with Gasteiger partial charge in [-0.1, -0.05) is 68.2 Å². The second kappa shape index (κ2) is 13.4.